The van der Waals surface area contributed by atoms with Crippen LogP contribution < -0.4 is 5.32 Å². The number of benzene rings is 1. The molecule has 0 radical (unpaired) electrons. The highest BCUT2D eigenvalue weighted by Gasteiger charge is 1.99. The van der Waals surface area contributed by atoms with E-state index in [-0.39, 0.29) is 0 Å². The maximum absolute atomic E-state index is 5.75. The van der Waals surface area contributed by atoms with Gasteiger partial charge < -0.3 is 5.32 Å². The molecule has 1 aromatic heterocycles. The van der Waals surface area contributed by atoms with Gasteiger partial charge in [0.15, 0.2) is 0 Å². The monoisotopic (exact) mass is 208 g/mol. The lowest BCUT2D eigenvalue weighted by Crippen LogP contribution is -1.91. The standard InChI is InChI=1S/C9H9ClN4/c1-6-11-9(14-13-6)12-8-4-2-7(10)3-5-8/h2-5H,1H3,(H2,11,12,13,14). The zero-order chi connectivity index (χ0) is 9.97. The van der Waals surface area contributed by atoms with Gasteiger partial charge in [0.05, 0.1) is 0 Å². The molecule has 0 aliphatic carbocycles. The van der Waals surface area contributed by atoms with E-state index in [0.717, 1.165) is 11.5 Å². The fourth-order valence-electron chi connectivity index (χ4n) is 1.06. The lowest BCUT2D eigenvalue weighted by Gasteiger charge is -2.00. The summed E-state index contributed by atoms with van der Waals surface area (Å²) >= 11 is 5.75. The number of aromatic amines is 1. The number of aromatic nitrogens is 3. The molecule has 0 bridgehead atoms. The molecule has 0 fully saturated rings. The van der Waals surface area contributed by atoms with Crippen LogP contribution in [-0.4, -0.2) is 15.2 Å². The minimum atomic E-state index is 0.560. The number of hydrogen-bond acceptors (Lipinski definition) is 3. The lowest BCUT2D eigenvalue weighted by atomic mass is 10.3. The first kappa shape index (κ1) is 9.02. The number of nitrogens with zero attached hydrogens (tertiary/aromatic N) is 2. The number of H-pyrrole nitrogens is 1. The summed E-state index contributed by atoms with van der Waals surface area (Å²) in [5.41, 5.74) is 0.911. The third kappa shape index (κ3) is 2.03. The Kier molecular flexibility index (Phi) is 2.37. The van der Waals surface area contributed by atoms with Gasteiger partial charge in [-0.3, -0.25) is 5.10 Å². The molecule has 0 aliphatic heterocycles. The predicted octanol–water partition coefficient (Wildman–Crippen LogP) is 2.51. The van der Waals surface area contributed by atoms with Gasteiger partial charge in [-0.2, -0.15) is 4.98 Å². The summed E-state index contributed by atoms with van der Waals surface area (Å²) in [4.78, 5) is 4.12. The predicted molar refractivity (Wildman–Crippen MR) is 55.9 cm³/mol. The van der Waals surface area contributed by atoms with E-state index in [1.165, 1.54) is 0 Å². The zero-order valence-corrected chi connectivity index (χ0v) is 8.34. The molecule has 1 aromatic carbocycles. The SMILES string of the molecule is Cc1nc(Nc2ccc(Cl)cc2)n[nH]1. The molecule has 2 N–H and O–H groups in total. The molecule has 1 heterocycles. The van der Waals surface area contributed by atoms with Crippen molar-refractivity contribution in [2.45, 2.75) is 6.92 Å². The Bertz CT molecular complexity index is 421. The van der Waals surface area contributed by atoms with Crippen LogP contribution >= 0.6 is 11.6 Å². The first-order valence-corrected chi connectivity index (χ1v) is 4.53. The Labute approximate surface area is 86.3 Å². The maximum atomic E-state index is 5.75. The summed E-state index contributed by atoms with van der Waals surface area (Å²) in [6.45, 7) is 1.85. The third-order valence-corrected chi connectivity index (χ3v) is 1.95. The highest BCUT2D eigenvalue weighted by atomic mass is 35.5. The van der Waals surface area contributed by atoms with Crippen LogP contribution in [0.15, 0.2) is 24.3 Å². The molecular formula is C9H9ClN4. The summed E-state index contributed by atoms with van der Waals surface area (Å²) in [5.74, 6) is 1.34. The van der Waals surface area contributed by atoms with Gasteiger partial charge >= 0.3 is 0 Å². The molecule has 0 saturated carbocycles. The number of aryl methyl sites for hydroxylation is 1. The second-order valence-corrected chi connectivity index (χ2v) is 3.31. The molecule has 5 heteroatoms. The maximum Gasteiger partial charge on any atom is 0.246 e. The molecule has 0 amide bonds. The number of nitrogens with one attached hydrogen (secondary N) is 2. The normalized spacial score (nSPS) is 10.1. The molecule has 0 spiro atoms. The van der Waals surface area contributed by atoms with Crippen molar-refractivity contribution in [1.82, 2.24) is 15.2 Å². The average molecular weight is 209 g/mol. The van der Waals surface area contributed by atoms with Crippen LogP contribution in [0.1, 0.15) is 5.82 Å². The van der Waals surface area contributed by atoms with E-state index >= 15 is 0 Å². The second kappa shape index (κ2) is 3.67. The molecule has 4 nitrogen and oxygen atoms in total. The number of anilines is 2. The largest absolute Gasteiger partial charge is 0.323 e. The minimum Gasteiger partial charge on any atom is -0.323 e. The molecule has 0 unspecified atom stereocenters. The summed E-state index contributed by atoms with van der Waals surface area (Å²) < 4.78 is 0. The van der Waals surface area contributed by atoms with Crippen LogP contribution in [0.2, 0.25) is 5.02 Å². The lowest BCUT2D eigenvalue weighted by molar-refractivity contribution is 1.04. The van der Waals surface area contributed by atoms with E-state index in [1.54, 1.807) is 0 Å². The molecule has 2 rings (SSSR count). The zero-order valence-electron chi connectivity index (χ0n) is 7.58. The van der Waals surface area contributed by atoms with E-state index in [0.29, 0.717) is 11.0 Å². The molecule has 2 aromatic rings. The van der Waals surface area contributed by atoms with Gasteiger partial charge in [0, 0.05) is 10.7 Å². The van der Waals surface area contributed by atoms with Crippen molar-refractivity contribution in [1.29, 1.82) is 0 Å². The van der Waals surface area contributed by atoms with E-state index < -0.39 is 0 Å². The van der Waals surface area contributed by atoms with E-state index in [2.05, 4.69) is 20.5 Å². The second-order valence-electron chi connectivity index (χ2n) is 2.88. The van der Waals surface area contributed by atoms with E-state index in [4.69, 9.17) is 11.6 Å². The van der Waals surface area contributed by atoms with Gasteiger partial charge in [0.25, 0.3) is 0 Å². The van der Waals surface area contributed by atoms with Crippen LogP contribution in [0.25, 0.3) is 0 Å². The Balaban J connectivity index is 2.15. The van der Waals surface area contributed by atoms with Gasteiger partial charge in [-0.1, -0.05) is 11.6 Å². The highest BCUT2D eigenvalue weighted by molar-refractivity contribution is 6.30. The minimum absolute atomic E-state index is 0.560. The van der Waals surface area contributed by atoms with Crippen molar-refractivity contribution in [3.05, 3.63) is 35.1 Å². The van der Waals surface area contributed by atoms with Crippen molar-refractivity contribution in [3.8, 4) is 0 Å². The van der Waals surface area contributed by atoms with Crippen LogP contribution in [0, 0.1) is 6.92 Å². The van der Waals surface area contributed by atoms with Crippen molar-refractivity contribution < 1.29 is 0 Å². The van der Waals surface area contributed by atoms with Crippen LogP contribution in [0.4, 0.5) is 11.6 Å². The summed E-state index contributed by atoms with van der Waals surface area (Å²) in [5, 5.41) is 10.5. The first-order valence-electron chi connectivity index (χ1n) is 4.15. The smallest absolute Gasteiger partial charge is 0.246 e. The Hall–Kier alpha value is -1.55. The number of rotatable bonds is 2. The molecule has 14 heavy (non-hydrogen) atoms. The topological polar surface area (TPSA) is 53.6 Å². The van der Waals surface area contributed by atoms with Crippen LogP contribution in [-0.2, 0) is 0 Å². The van der Waals surface area contributed by atoms with Gasteiger partial charge in [-0.25, -0.2) is 0 Å². The molecular weight excluding hydrogens is 200 g/mol. The molecule has 0 atom stereocenters. The number of hydrogen-bond donors (Lipinski definition) is 2. The Morgan fingerprint density at radius 3 is 2.57 bits per heavy atom. The van der Waals surface area contributed by atoms with Crippen LogP contribution in [0.3, 0.4) is 0 Å². The summed E-state index contributed by atoms with van der Waals surface area (Å²) in [6.07, 6.45) is 0. The highest BCUT2D eigenvalue weighted by Crippen LogP contribution is 2.16. The van der Waals surface area contributed by atoms with E-state index in [1.807, 2.05) is 31.2 Å². The fraction of sp³-hybridized carbons (Fsp3) is 0.111. The van der Waals surface area contributed by atoms with E-state index in [9.17, 15) is 0 Å². The Morgan fingerprint density at radius 2 is 2.00 bits per heavy atom. The summed E-state index contributed by atoms with van der Waals surface area (Å²) in [6, 6.07) is 7.36. The third-order valence-electron chi connectivity index (χ3n) is 1.70. The van der Waals surface area contributed by atoms with Gasteiger partial charge in [0.1, 0.15) is 5.82 Å². The average Bonchev–Trinajstić information content (AvgIpc) is 2.56. The van der Waals surface area contributed by atoms with Crippen molar-refractivity contribution in [2.75, 3.05) is 5.32 Å². The molecule has 0 aliphatic rings. The van der Waals surface area contributed by atoms with Crippen LogP contribution in [0.5, 0.6) is 0 Å². The van der Waals surface area contributed by atoms with Crippen molar-refractivity contribution >= 4 is 23.2 Å². The van der Waals surface area contributed by atoms with Crippen molar-refractivity contribution in [3.63, 3.8) is 0 Å². The quantitative estimate of drug-likeness (QED) is 0.798. The molecule has 72 valence electrons. The molecule has 0 saturated heterocycles. The summed E-state index contributed by atoms with van der Waals surface area (Å²) in [7, 11) is 0. The number of halogens is 1. The first-order chi connectivity index (χ1) is 6.74. The Morgan fingerprint density at radius 1 is 1.29 bits per heavy atom. The van der Waals surface area contributed by atoms with Gasteiger partial charge in [0.2, 0.25) is 5.95 Å². The van der Waals surface area contributed by atoms with Gasteiger partial charge in [-0.15, -0.1) is 5.10 Å². The van der Waals surface area contributed by atoms with Gasteiger partial charge in [-0.05, 0) is 31.2 Å². The van der Waals surface area contributed by atoms with Crippen molar-refractivity contribution in [2.24, 2.45) is 0 Å². The fourth-order valence-corrected chi connectivity index (χ4v) is 1.19.